The molecule has 0 aliphatic heterocycles. The highest BCUT2D eigenvalue weighted by atomic mass is 79.9. The maximum atomic E-state index is 9.84. The molecule has 0 bridgehead atoms. The summed E-state index contributed by atoms with van der Waals surface area (Å²) in [5.41, 5.74) is 0. The number of benzene rings is 1. The van der Waals surface area contributed by atoms with Crippen molar-refractivity contribution >= 4 is 27.7 Å². The standard InChI is InChI=1S/C13H17BrOS/c14-12-3-1-2-4-13(12)16-9-11(15)8-7-10-5-6-10/h1-4,10-11,15H,5-9H2. The lowest BCUT2D eigenvalue weighted by molar-refractivity contribution is 0.184. The van der Waals surface area contributed by atoms with Gasteiger partial charge in [-0.05, 0) is 46.8 Å². The van der Waals surface area contributed by atoms with E-state index in [0.717, 1.165) is 22.6 Å². The Kier molecular flexibility index (Phi) is 4.74. The molecule has 1 aliphatic rings. The number of aliphatic hydroxyl groups excluding tert-OH is 1. The van der Waals surface area contributed by atoms with E-state index in [0.29, 0.717) is 0 Å². The van der Waals surface area contributed by atoms with E-state index in [1.807, 2.05) is 18.2 Å². The van der Waals surface area contributed by atoms with Crippen molar-refractivity contribution in [1.29, 1.82) is 0 Å². The molecule has 1 atom stereocenters. The summed E-state index contributed by atoms with van der Waals surface area (Å²) < 4.78 is 1.12. The molecule has 1 aromatic rings. The molecular weight excluding hydrogens is 284 g/mol. The quantitative estimate of drug-likeness (QED) is 0.799. The molecule has 1 aromatic carbocycles. The maximum absolute atomic E-state index is 9.84. The number of hydrogen-bond acceptors (Lipinski definition) is 2. The topological polar surface area (TPSA) is 20.2 Å². The average molecular weight is 301 g/mol. The average Bonchev–Trinajstić information content (AvgIpc) is 3.09. The third-order valence-electron chi connectivity index (χ3n) is 2.87. The zero-order valence-electron chi connectivity index (χ0n) is 9.23. The second kappa shape index (κ2) is 6.08. The smallest absolute Gasteiger partial charge is 0.0634 e. The van der Waals surface area contributed by atoms with Gasteiger partial charge in [-0.15, -0.1) is 11.8 Å². The summed E-state index contributed by atoms with van der Waals surface area (Å²) in [6.07, 6.45) is 4.77. The van der Waals surface area contributed by atoms with Gasteiger partial charge in [-0.3, -0.25) is 0 Å². The molecule has 1 unspecified atom stereocenters. The summed E-state index contributed by atoms with van der Waals surface area (Å²) in [5.74, 6) is 1.72. The van der Waals surface area contributed by atoms with Crippen molar-refractivity contribution in [1.82, 2.24) is 0 Å². The highest BCUT2D eigenvalue weighted by molar-refractivity contribution is 9.10. The molecule has 0 saturated heterocycles. The summed E-state index contributed by atoms with van der Waals surface area (Å²) >= 11 is 5.25. The Morgan fingerprint density at radius 3 is 2.81 bits per heavy atom. The lowest BCUT2D eigenvalue weighted by atomic mass is 10.1. The van der Waals surface area contributed by atoms with Crippen LogP contribution in [0, 0.1) is 5.92 Å². The second-order valence-electron chi connectivity index (χ2n) is 4.42. The van der Waals surface area contributed by atoms with Gasteiger partial charge in [0.2, 0.25) is 0 Å². The molecule has 1 fully saturated rings. The van der Waals surface area contributed by atoms with Crippen molar-refractivity contribution in [2.45, 2.75) is 36.7 Å². The van der Waals surface area contributed by atoms with E-state index in [4.69, 9.17) is 0 Å². The maximum Gasteiger partial charge on any atom is 0.0634 e. The van der Waals surface area contributed by atoms with Crippen LogP contribution in [0.2, 0.25) is 0 Å². The lowest BCUT2D eigenvalue weighted by Crippen LogP contribution is -2.09. The summed E-state index contributed by atoms with van der Waals surface area (Å²) in [6, 6.07) is 8.17. The Morgan fingerprint density at radius 2 is 2.12 bits per heavy atom. The lowest BCUT2D eigenvalue weighted by Gasteiger charge is -2.10. The van der Waals surface area contributed by atoms with Crippen LogP contribution in [0.15, 0.2) is 33.6 Å². The van der Waals surface area contributed by atoms with Gasteiger partial charge in [0.1, 0.15) is 0 Å². The summed E-state index contributed by atoms with van der Waals surface area (Å²) in [6.45, 7) is 0. The molecule has 1 N–H and O–H groups in total. The van der Waals surface area contributed by atoms with E-state index in [1.165, 1.54) is 24.2 Å². The first-order valence-corrected chi connectivity index (χ1v) is 7.59. The Labute approximate surface area is 110 Å². The minimum absolute atomic E-state index is 0.155. The van der Waals surface area contributed by atoms with Crippen LogP contribution in [0.5, 0.6) is 0 Å². The van der Waals surface area contributed by atoms with Crippen LogP contribution in [0.1, 0.15) is 25.7 Å². The Bertz CT molecular complexity index is 338. The molecule has 3 heteroatoms. The van der Waals surface area contributed by atoms with Crippen LogP contribution < -0.4 is 0 Å². The molecule has 0 spiro atoms. The normalized spacial score (nSPS) is 17.4. The van der Waals surface area contributed by atoms with Crippen molar-refractivity contribution < 1.29 is 5.11 Å². The van der Waals surface area contributed by atoms with Crippen LogP contribution in [-0.4, -0.2) is 17.0 Å². The molecule has 0 amide bonds. The molecule has 1 aliphatic carbocycles. The monoisotopic (exact) mass is 300 g/mol. The molecule has 88 valence electrons. The Balaban J connectivity index is 1.71. The fourth-order valence-corrected chi connectivity index (χ4v) is 3.21. The van der Waals surface area contributed by atoms with Gasteiger partial charge in [0.15, 0.2) is 0 Å². The van der Waals surface area contributed by atoms with Crippen molar-refractivity contribution in [3.63, 3.8) is 0 Å². The number of rotatable bonds is 6. The van der Waals surface area contributed by atoms with Gasteiger partial charge < -0.3 is 5.11 Å². The largest absolute Gasteiger partial charge is 0.392 e. The van der Waals surface area contributed by atoms with Crippen molar-refractivity contribution in [3.8, 4) is 0 Å². The summed E-state index contributed by atoms with van der Waals surface area (Å²) in [4.78, 5) is 1.22. The van der Waals surface area contributed by atoms with Crippen LogP contribution in [0.3, 0.4) is 0 Å². The Morgan fingerprint density at radius 1 is 1.38 bits per heavy atom. The molecule has 1 nitrogen and oxygen atoms in total. The van der Waals surface area contributed by atoms with Crippen molar-refractivity contribution in [2.75, 3.05) is 5.75 Å². The summed E-state index contributed by atoms with van der Waals surface area (Å²) in [7, 11) is 0. The van der Waals surface area contributed by atoms with E-state index in [1.54, 1.807) is 11.8 Å². The van der Waals surface area contributed by atoms with Crippen LogP contribution in [-0.2, 0) is 0 Å². The molecule has 1 saturated carbocycles. The SMILES string of the molecule is OC(CCC1CC1)CSc1ccccc1Br. The van der Waals surface area contributed by atoms with Crippen molar-refractivity contribution in [2.24, 2.45) is 5.92 Å². The molecule has 0 aromatic heterocycles. The molecule has 0 heterocycles. The highest BCUT2D eigenvalue weighted by Gasteiger charge is 2.21. The predicted molar refractivity (Wildman–Crippen MR) is 72.8 cm³/mol. The highest BCUT2D eigenvalue weighted by Crippen LogP contribution is 2.34. The fraction of sp³-hybridized carbons (Fsp3) is 0.538. The van der Waals surface area contributed by atoms with E-state index < -0.39 is 0 Å². The van der Waals surface area contributed by atoms with Crippen LogP contribution in [0.25, 0.3) is 0 Å². The van der Waals surface area contributed by atoms with Gasteiger partial charge in [0.25, 0.3) is 0 Å². The number of aliphatic hydroxyl groups is 1. The first-order chi connectivity index (χ1) is 7.75. The molecule has 0 radical (unpaired) electrons. The van der Waals surface area contributed by atoms with Crippen molar-refractivity contribution in [3.05, 3.63) is 28.7 Å². The number of thioether (sulfide) groups is 1. The van der Waals surface area contributed by atoms with Gasteiger partial charge in [0.05, 0.1) is 6.10 Å². The third-order valence-corrected chi connectivity index (χ3v) is 5.05. The van der Waals surface area contributed by atoms with Gasteiger partial charge in [0, 0.05) is 15.1 Å². The zero-order valence-corrected chi connectivity index (χ0v) is 11.6. The van der Waals surface area contributed by atoms with Gasteiger partial charge in [-0.2, -0.15) is 0 Å². The predicted octanol–water partition coefficient (Wildman–Crippen LogP) is 4.09. The van der Waals surface area contributed by atoms with Crippen LogP contribution in [0.4, 0.5) is 0 Å². The first kappa shape index (κ1) is 12.5. The van der Waals surface area contributed by atoms with E-state index in [2.05, 4.69) is 22.0 Å². The Hall–Kier alpha value is 0.01000. The first-order valence-electron chi connectivity index (χ1n) is 5.81. The van der Waals surface area contributed by atoms with Gasteiger partial charge in [-0.1, -0.05) is 25.0 Å². The van der Waals surface area contributed by atoms with Gasteiger partial charge >= 0.3 is 0 Å². The minimum Gasteiger partial charge on any atom is -0.392 e. The fourth-order valence-electron chi connectivity index (χ4n) is 1.67. The third kappa shape index (κ3) is 4.11. The number of halogens is 1. The minimum atomic E-state index is -0.155. The summed E-state index contributed by atoms with van der Waals surface area (Å²) in [5, 5.41) is 9.84. The van der Waals surface area contributed by atoms with E-state index in [9.17, 15) is 5.11 Å². The number of hydrogen-bond donors (Lipinski definition) is 1. The van der Waals surface area contributed by atoms with Crippen LogP contribution >= 0.6 is 27.7 Å². The second-order valence-corrected chi connectivity index (χ2v) is 6.33. The zero-order chi connectivity index (χ0) is 11.4. The molecule has 16 heavy (non-hydrogen) atoms. The molecular formula is C13H17BrOS. The molecule has 2 rings (SSSR count). The van der Waals surface area contributed by atoms with Gasteiger partial charge in [-0.25, -0.2) is 0 Å². The van der Waals surface area contributed by atoms with E-state index >= 15 is 0 Å². The van der Waals surface area contributed by atoms with E-state index in [-0.39, 0.29) is 6.10 Å².